The Labute approximate surface area is 218 Å². The van der Waals surface area contributed by atoms with Gasteiger partial charge in [-0.25, -0.2) is 4.79 Å². The number of hydrogen-bond donors (Lipinski definition) is 2. The number of fused-ring (bicyclic) bond motifs is 1. The molecule has 2 aromatic rings. The summed E-state index contributed by atoms with van der Waals surface area (Å²) < 4.78 is 17.1. The van der Waals surface area contributed by atoms with Gasteiger partial charge >= 0.3 is 5.63 Å². The highest BCUT2D eigenvalue weighted by atomic mass is 32.9. The molecule has 0 aliphatic carbocycles. The molecule has 4 rings (SSSR count). The van der Waals surface area contributed by atoms with Gasteiger partial charge in [-0.05, 0) is 31.9 Å². The van der Waals surface area contributed by atoms with Crippen LogP contribution in [0.25, 0.3) is 16.3 Å². The zero-order valence-corrected chi connectivity index (χ0v) is 21.9. The SMILES string of the molecule is COc1ccc(-n2c3cssc-3c(NC(=O)CCCCC(=O)c3c(O)cc(C)oc3=O)c2=O)c(OC)c1. The maximum atomic E-state index is 13.3. The van der Waals surface area contributed by atoms with E-state index in [-0.39, 0.29) is 41.3 Å². The van der Waals surface area contributed by atoms with Gasteiger partial charge in [-0.2, -0.15) is 0 Å². The van der Waals surface area contributed by atoms with Crippen LogP contribution in [-0.4, -0.2) is 35.6 Å². The van der Waals surface area contributed by atoms with Crippen molar-refractivity contribution >= 4 is 38.1 Å². The van der Waals surface area contributed by atoms with E-state index in [0.29, 0.717) is 40.6 Å². The van der Waals surface area contributed by atoms with Crippen LogP contribution in [-0.2, 0) is 4.79 Å². The second kappa shape index (κ2) is 11.0. The van der Waals surface area contributed by atoms with Crippen LogP contribution in [0.4, 0.5) is 5.69 Å². The number of unbranched alkanes of at least 4 members (excludes halogenated alkanes) is 1. The fourth-order valence-electron chi connectivity index (χ4n) is 3.93. The first kappa shape index (κ1) is 26.2. The lowest BCUT2D eigenvalue weighted by molar-refractivity contribution is -0.116. The van der Waals surface area contributed by atoms with E-state index in [9.17, 15) is 24.3 Å². The summed E-state index contributed by atoms with van der Waals surface area (Å²) in [5.41, 5.74) is -0.303. The zero-order valence-electron chi connectivity index (χ0n) is 20.3. The Morgan fingerprint density at radius 3 is 2.57 bits per heavy atom. The van der Waals surface area contributed by atoms with Crippen LogP contribution in [0, 0.1) is 6.92 Å². The number of ether oxygens (including phenoxy) is 2. The summed E-state index contributed by atoms with van der Waals surface area (Å²) in [4.78, 5) is 50.9. The second-order valence-electron chi connectivity index (χ2n) is 8.15. The van der Waals surface area contributed by atoms with Crippen molar-refractivity contribution in [1.82, 2.24) is 4.57 Å². The standard InChI is InChI=1S/C25H24N2O8S2/c1-13-10-18(29)21(25(32)35-13)17(28)6-4-5-7-20(30)26-22-23-16(12-36-37-23)27(24(22)31)15-9-8-14(33-2)11-19(15)34-3/h8-12,29H,4-7H2,1-3H3,(H,26,30). The number of nitrogens with zero attached hydrogens (tertiary/aromatic N) is 1. The van der Waals surface area contributed by atoms with Crippen LogP contribution in [0.5, 0.6) is 17.2 Å². The van der Waals surface area contributed by atoms with Gasteiger partial charge in [-0.3, -0.25) is 19.0 Å². The summed E-state index contributed by atoms with van der Waals surface area (Å²) in [6.07, 6.45) is 0.678. The molecule has 2 N–H and O–H groups in total. The van der Waals surface area contributed by atoms with Gasteiger partial charge < -0.3 is 24.3 Å². The normalized spacial score (nSPS) is 11.0. The maximum Gasteiger partial charge on any atom is 0.350 e. The molecular formula is C25H24N2O8S2. The molecule has 0 saturated heterocycles. The van der Waals surface area contributed by atoms with Crippen LogP contribution >= 0.6 is 20.7 Å². The molecule has 0 fully saturated rings. The number of aromatic hydroxyl groups is 1. The van der Waals surface area contributed by atoms with E-state index in [1.807, 2.05) is 5.38 Å². The quantitative estimate of drug-likeness (QED) is 0.170. The van der Waals surface area contributed by atoms with Crippen LogP contribution in [0.3, 0.4) is 0 Å². The number of carbonyl (C=O) groups excluding carboxylic acids is 2. The molecular weight excluding hydrogens is 520 g/mol. The van der Waals surface area contributed by atoms with E-state index in [4.69, 9.17) is 13.9 Å². The highest BCUT2D eigenvalue weighted by Crippen LogP contribution is 2.41. The molecule has 194 valence electrons. The van der Waals surface area contributed by atoms with Crippen LogP contribution in [0.1, 0.15) is 41.8 Å². The maximum absolute atomic E-state index is 13.3. The number of methoxy groups -OCH3 is 2. The second-order valence-corrected chi connectivity index (χ2v) is 10.2. The predicted octanol–water partition coefficient (Wildman–Crippen LogP) is 4.43. The zero-order chi connectivity index (χ0) is 26.7. The minimum atomic E-state index is -0.887. The number of benzene rings is 1. The average Bonchev–Trinajstić information content (AvgIpc) is 3.42. The van der Waals surface area contributed by atoms with Gasteiger partial charge in [0.05, 0.1) is 30.5 Å². The largest absolute Gasteiger partial charge is 0.507 e. The number of aromatic nitrogens is 1. The third kappa shape index (κ3) is 5.30. The van der Waals surface area contributed by atoms with Crippen molar-refractivity contribution in [1.29, 1.82) is 0 Å². The Hall–Kier alpha value is -3.90. The smallest absolute Gasteiger partial charge is 0.350 e. The fourth-order valence-corrected chi connectivity index (χ4v) is 6.13. The van der Waals surface area contributed by atoms with E-state index < -0.39 is 17.2 Å². The van der Waals surface area contributed by atoms with Crippen molar-refractivity contribution in [2.24, 2.45) is 0 Å². The van der Waals surface area contributed by atoms with Gasteiger partial charge in [0.2, 0.25) is 5.91 Å². The van der Waals surface area contributed by atoms with Crippen molar-refractivity contribution in [3.63, 3.8) is 0 Å². The number of hydrogen-bond acceptors (Lipinski definition) is 10. The first-order valence-corrected chi connectivity index (χ1v) is 13.5. The van der Waals surface area contributed by atoms with Gasteiger partial charge in [0, 0.05) is 30.4 Å². The molecule has 0 bridgehead atoms. The molecule has 12 heteroatoms. The molecule has 0 radical (unpaired) electrons. The third-order valence-electron chi connectivity index (χ3n) is 5.69. The predicted molar refractivity (Wildman–Crippen MR) is 140 cm³/mol. The topological polar surface area (TPSA) is 137 Å². The van der Waals surface area contributed by atoms with Crippen molar-refractivity contribution in [3.8, 4) is 33.5 Å². The van der Waals surface area contributed by atoms with Crippen LogP contribution in [0.15, 0.2) is 43.7 Å². The minimum absolute atomic E-state index is 0.0358. The van der Waals surface area contributed by atoms with E-state index in [1.54, 1.807) is 18.2 Å². The number of ketones is 1. The molecule has 3 heterocycles. The Balaban J connectivity index is 1.44. The van der Waals surface area contributed by atoms with Crippen molar-refractivity contribution < 1.29 is 28.6 Å². The summed E-state index contributed by atoms with van der Waals surface area (Å²) >= 11 is 0. The number of amides is 1. The highest BCUT2D eigenvalue weighted by Gasteiger charge is 2.26. The van der Waals surface area contributed by atoms with Crippen molar-refractivity contribution in [2.45, 2.75) is 32.6 Å². The number of carbonyl (C=O) groups is 2. The Morgan fingerprint density at radius 2 is 1.86 bits per heavy atom. The molecule has 0 unspecified atom stereocenters. The van der Waals surface area contributed by atoms with E-state index in [2.05, 4.69) is 5.32 Å². The number of anilines is 1. The van der Waals surface area contributed by atoms with Gasteiger partial charge in [-0.15, -0.1) is 0 Å². The lowest BCUT2D eigenvalue weighted by Gasteiger charge is -2.11. The lowest BCUT2D eigenvalue weighted by Crippen LogP contribution is -2.20. The fraction of sp³-hybridized carbons (Fsp3) is 0.280. The molecule has 0 saturated carbocycles. The number of rotatable bonds is 10. The summed E-state index contributed by atoms with van der Waals surface area (Å²) in [6.45, 7) is 1.49. The van der Waals surface area contributed by atoms with E-state index in [0.717, 1.165) is 0 Å². The lowest BCUT2D eigenvalue weighted by atomic mass is 10.1. The number of Topliss-reactive ketones (excluding diaryl/α,β-unsaturated/α-hetero) is 1. The number of nitrogens with one attached hydrogen (secondary N) is 1. The molecule has 1 amide bonds. The van der Waals surface area contributed by atoms with Crippen molar-refractivity contribution in [2.75, 3.05) is 19.5 Å². The summed E-state index contributed by atoms with van der Waals surface area (Å²) in [7, 11) is 5.85. The Kier molecular flexibility index (Phi) is 7.79. The summed E-state index contributed by atoms with van der Waals surface area (Å²) in [5, 5.41) is 14.5. The molecule has 2 aliphatic heterocycles. The minimum Gasteiger partial charge on any atom is -0.507 e. The third-order valence-corrected chi connectivity index (χ3v) is 7.76. The van der Waals surface area contributed by atoms with Gasteiger partial charge in [-0.1, -0.05) is 20.7 Å². The highest BCUT2D eigenvalue weighted by molar-refractivity contribution is 7.70. The molecule has 1 aromatic heterocycles. The average molecular weight is 545 g/mol. The molecule has 0 spiro atoms. The molecule has 0 atom stereocenters. The Morgan fingerprint density at radius 1 is 1.11 bits per heavy atom. The van der Waals surface area contributed by atoms with Crippen LogP contribution < -0.4 is 26.0 Å². The van der Waals surface area contributed by atoms with E-state index >= 15 is 0 Å². The van der Waals surface area contributed by atoms with Gasteiger partial charge in [0.1, 0.15) is 34.3 Å². The van der Waals surface area contributed by atoms with Gasteiger partial charge in [0.25, 0.3) is 5.56 Å². The van der Waals surface area contributed by atoms with Gasteiger partial charge in [0.15, 0.2) is 5.78 Å². The van der Waals surface area contributed by atoms with Crippen molar-refractivity contribution in [3.05, 3.63) is 61.7 Å². The molecule has 10 nitrogen and oxygen atoms in total. The molecule has 37 heavy (non-hydrogen) atoms. The molecule has 2 aliphatic rings. The summed E-state index contributed by atoms with van der Waals surface area (Å²) in [6, 6.07) is 6.33. The monoisotopic (exact) mass is 544 g/mol. The summed E-state index contributed by atoms with van der Waals surface area (Å²) in [5.74, 6) is -0.120. The first-order chi connectivity index (χ1) is 17.7. The molecule has 1 aromatic carbocycles. The first-order valence-electron chi connectivity index (χ1n) is 11.3. The van der Waals surface area contributed by atoms with Crippen LogP contribution in [0.2, 0.25) is 0 Å². The number of aryl methyl sites for hydroxylation is 1. The Bertz CT molecular complexity index is 1540. The van der Waals surface area contributed by atoms with E-state index in [1.165, 1.54) is 52.5 Å².